The van der Waals surface area contributed by atoms with Crippen molar-refractivity contribution in [2.75, 3.05) is 6.61 Å². The Morgan fingerprint density at radius 3 is 2.48 bits per heavy atom. The van der Waals surface area contributed by atoms with Crippen LogP contribution in [0.4, 0.5) is 0 Å². The maximum Gasteiger partial charge on any atom is 0.200 e. The monoisotopic (exact) mass is 546 g/mol. The van der Waals surface area contributed by atoms with Crippen molar-refractivity contribution in [3.63, 3.8) is 0 Å². The lowest BCUT2D eigenvalue weighted by atomic mass is 9.51. The first-order valence-corrected chi connectivity index (χ1v) is 14.1. The first-order chi connectivity index (χ1) is 18.7. The number of allylic oxidation sites excluding steroid dienone is 3. The van der Waals surface area contributed by atoms with Gasteiger partial charge in [0.2, 0.25) is 0 Å². The molecule has 1 saturated heterocycles. The lowest BCUT2D eigenvalue weighted by molar-refractivity contribution is -0.171. The van der Waals surface area contributed by atoms with E-state index < -0.39 is 28.3 Å². The van der Waals surface area contributed by atoms with Gasteiger partial charge < -0.3 is 24.4 Å². The molecule has 1 saturated carbocycles. The van der Waals surface area contributed by atoms with Gasteiger partial charge in [0.05, 0.1) is 17.8 Å². The molecule has 1 aromatic carbocycles. The summed E-state index contributed by atoms with van der Waals surface area (Å²) in [5, 5.41) is 21.3. The van der Waals surface area contributed by atoms with Crippen LogP contribution in [0.25, 0.3) is 6.08 Å². The second-order valence-electron chi connectivity index (χ2n) is 13.2. The molecule has 0 aromatic heterocycles. The molecule has 6 aliphatic rings. The van der Waals surface area contributed by atoms with Crippen molar-refractivity contribution in [3.8, 4) is 17.2 Å². The van der Waals surface area contributed by atoms with Gasteiger partial charge in [0.25, 0.3) is 0 Å². The van der Waals surface area contributed by atoms with Crippen LogP contribution in [-0.4, -0.2) is 50.8 Å². The Labute approximate surface area is 235 Å². The van der Waals surface area contributed by atoms with E-state index in [1.165, 1.54) is 0 Å². The number of phenols is 1. The van der Waals surface area contributed by atoms with Gasteiger partial charge in [0.15, 0.2) is 22.8 Å². The number of aliphatic hydroxyl groups excluding tert-OH is 1. The normalized spacial score (nSPS) is 32.0. The molecular formula is C33H38O7. The molecule has 2 N–H and O–H groups in total. The van der Waals surface area contributed by atoms with Crippen LogP contribution in [0.5, 0.6) is 17.2 Å². The first kappa shape index (κ1) is 27.0. The summed E-state index contributed by atoms with van der Waals surface area (Å²) in [6.07, 6.45) is 10.4. The third-order valence-electron chi connectivity index (χ3n) is 9.32. The van der Waals surface area contributed by atoms with E-state index in [1.807, 2.05) is 65.8 Å². The van der Waals surface area contributed by atoms with Gasteiger partial charge in [-0.25, -0.2) is 0 Å². The van der Waals surface area contributed by atoms with E-state index in [2.05, 4.69) is 0 Å². The number of ether oxygens (including phenoxy) is 3. The Morgan fingerprint density at radius 1 is 1.07 bits per heavy atom. The molecule has 3 heterocycles. The summed E-state index contributed by atoms with van der Waals surface area (Å²) in [6.45, 7) is 13.4. The fraction of sp³-hybridized carbons (Fsp3) is 0.515. The van der Waals surface area contributed by atoms with Crippen LogP contribution in [0.15, 0.2) is 41.0 Å². The van der Waals surface area contributed by atoms with Crippen molar-refractivity contribution >= 4 is 17.6 Å². The Morgan fingerprint density at radius 2 is 1.80 bits per heavy atom. The summed E-state index contributed by atoms with van der Waals surface area (Å²) >= 11 is 0. The fourth-order valence-electron chi connectivity index (χ4n) is 7.44. The molecule has 0 radical (unpaired) electrons. The largest absolute Gasteiger partial charge is 0.506 e. The number of fused-ring (bicyclic) bond motifs is 2. The van der Waals surface area contributed by atoms with Crippen LogP contribution in [0.1, 0.15) is 82.8 Å². The minimum absolute atomic E-state index is 0.107. The SMILES string of the molecule is CC(C)=CCc1c2c(c(O)c3c1O[C@]14C(=C[C@H]5C[C@@H]1C(C)(C)O[C@@]4(C/C=C(/C)CO)C5=O)C3=O)C=CC(C)(C)O2. The third-order valence-corrected chi connectivity index (χ3v) is 9.32. The van der Waals surface area contributed by atoms with E-state index in [4.69, 9.17) is 14.2 Å². The number of ketones is 2. The number of carbonyl (C=O) groups excluding carboxylic acids is 2. The smallest absolute Gasteiger partial charge is 0.200 e. The minimum Gasteiger partial charge on any atom is -0.506 e. The van der Waals surface area contributed by atoms with Gasteiger partial charge >= 0.3 is 0 Å². The van der Waals surface area contributed by atoms with Gasteiger partial charge in [-0.3, -0.25) is 9.59 Å². The molecule has 0 unspecified atom stereocenters. The van der Waals surface area contributed by atoms with E-state index in [-0.39, 0.29) is 47.6 Å². The van der Waals surface area contributed by atoms with Crippen molar-refractivity contribution < 1.29 is 34.0 Å². The quantitative estimate of drug-likeness (QED) is 0.476. The Bertz CT molecular complexity index is 1480. The molecule has 4 bridgehead atoms. The molecule has 40 heavy (non-hydrogen) atoms. The van der Waals surface area contributed by atoms with Crippen LogP contribution in [0, 0.1) is 11.8 Å². The number of aromatic hydroxyl groups is 1. The third kappa shape index (κ3) is 3.37. The van der Waals surface area contributed by atoms with Gasteiger partial charge in [0.1, 0.15) is 28.4 Å². The van der Waals surface area contributed by atoms with Crippen LogP contribution in [-0.2, 0) is 16.0 Å². The summed E-state index contributed by atoms with van der Waals surface area (Å²) in [5.74, 6) is -0.661. The topological polar surface area (TPSA) is 102 Å². The Kier molecular flexibility index (Phi) is 5.70. The van der Waals surface area contributed by atoms with Crippen molar-refractivity contribution in [1.82, 2.24) is 0 Å². The number of hydrogen-bond acceptors (Lipinski definition) is 7. The zero-order valence-corrected chi connectivity index (χ0v) is 24.3. The number of rotatable bonds is 5. The maximum absolute atomic E-state index is 14.5. The van der Waals surface area contributed by atoms with Crippen molar-refractivity contribution in [2.24, 2.45) is 11.8 Å². The zero-order chi connectivity index (χ0) is 29.0. The highest BCUT2D eigenvalue weighted by Crippen LogP contribution is 2.68. The Balaban J connectivity index is 1.66. The molecule has 2 fully saturated rings. The van der Waals surface area contributed by atoms with E-state index >= 15 is 0 Å². The van der Waals surface area contributed by atoms with E-state index in [0.29, 0.717) is 40.9 Å². The van der Waals surface area contributed by atoms with Crippen LogP contribution >= 0.6 is 0 Å². The summed E-state index contributed by atoms with van der Waals surface area (Å²) < 4.78 is 20.2. The van der Waals surface area contributed by atoms with Gasteiger partial charge in [-0.1, -0.05) is 29.4 Å². The zero-order valence-electron chi connectivity index (χ0n) is 24.3. The maximum atomic E-state index is 14.5. The molecule has 1 aromatic rings. The number of benzene rings is 1. The number of aliphatic hydroxyl groups is 1. The average Bonchev–Trinajstić information content (AvgIpc) is 3.03. The lowest BCUT2D eigenvalue weighted by Gasteiger charge is -2.56. The summed E-state index contributed by atoms with van der Waals surface area (Å²) in [4.78, 5) is 28.7. The highest BCUT2D eigenvalue weighted by atomic mass is 16.6. The van der Waals surface area contributed by atoms with Crippen molar-refractivity contribution in [1.29, 1.82) is 0 Å². The molecule has 7 nitrogen and oxygen atoms in total. The van der Waals surface area contributed by atoms with Crippen molar-refractivity contribution in [3.05, 3.63) is 57.7 Å². The predicted octanol–water partition coefficient (Wildman–Crippen LogP) is 5.42. The number of Topliss-reactive ketones (excluding diaryl/α,β-unsaturated/α-hetero) is 2. The molecule has 0 amide bonds. The van der Waals surface area contributed by atoms with E-state index in [1.54, 1.807) is 13.0 Å². The molecular weight excluding hydrogens is 508 g/mol. The molecule has 3 aliphatic carbocycles. The molecule has 7 heteroatoms. The summed E-state index contributed by atoms with van der Waals surface area (Å²) in [7, 11) is 0. The van der Waals surface area contributed by atoms with Gasteiger partial charge in [-0.2, -0.15) is 0 Å². The van der Waals surface area contributed by atoms with Gasteiger partial charge in [-0.15, -0.1) is 0 Å². The second kappa shape index (κ2) is 8.43. The number of phenolic OH excluding ortho intramolecular Hbond substituents is 1. The van der Waals surface area contributed by atoms with Crippen LogP contribution in [0.3, 0.4) is 0 Å². The molecule has 1 spiro atoms. The van der Waals surface area contributed by atoms with Crippen LogP contribution < -0.4 is 9.47 Å². The standard InChI is InChI=1S/C33H38O7/c1-17(2)8-9-21-27-20(11-12-30(4,5)38-27)25(35)24-26(36)22-14-19-15-23-31(6,7)40-32(29(19)37,13-10-18(3)16-34)33(22,23)39-28(21)24/h8,10-12,14,19,23,34-35H,9,13,15-16H2,1-7H3/b18-10-/t19-,23+,32-,33+/m0/s1. The highest BCUT2D eigenvalue weighted by Gasteiger charge is 2.81. The summed E-state index contributed by atoms with van der Waals surface area (Å²) in [5.41, 5.74) is -0.823. The van der Waals surface area contributed by atoms with Gasteiger partial charge in [-0.05, 0) is 73.5 Å². The Hall–Kier alpha value is -3.16. The van der Waals surface area contributed by atoms with Gasteiger partial charge in [0, 0.05) is 29.4 Å². The van der Waals surface area contributed by atoms with E-state index in [9.17, 15) is 19.8 Å². The molecule has 212 valence electrons. The number of hydrogen-bond donors (Lipinski definition) is 2. The molecule has 7 rings (SSSR count). The van der Waals surface area contributed by atoms with Crippen molar-refractivity contribution in [2.45, 2.75) is 90.1 Å². The van der Waals surface area contributed by atoms with E-state index in [0.717, 1.165) is 5.57 Å². The molecule has 3 aliphatic heterocycles. The predicted molar refractivity (Wildman–Crippen MR) is 151 cm³/mol. The second-order valence-corrected chi connectivity index (χ2v) is 13.2. The average molecular weight is 547 g/mol. The number of carbonyl (C=O) groups is 2. The minimum atomic E-state index is -1.45. The highest BCUT2D eigenvalue weighted by molar-refractivity contribution is 6.19. The molecule has 4 atom stereocenters. The first-order valence-electron chi connectivity index (χ1n) is 14.1. The van der Waals surface area contributed by atoms with Crippen LogP contribution in [0.2, 0.25) is 0 Å². The summed E-state index contributed by atoms with van der Waals surface area (Å²) in [6, 6.07) is 0. The fourth-order valence-corrected chi connectivity index (χ4v) is 7.44. The lowest BCUT2D eigenvalue weighted by Crippen LogP contribution is -2.72.